The third-order valence-electron chi connectivity index (χ3n) is 7.11. The van der Waals surface area contributed by atoms with Gasteiger partial charge in [-0.05, 0) is 48.6 Å². The molecule has 1 aromatic carbocycles. The number of hydrogen-bond donors (Lipinski definition) is 0. The molecule has 1 atom stereocenters. The van der Waals surface area contributed by atoms with Gasteiger partial charge in [0.15, 0.2) is 0 Å². The number of ether oxygens (including phenoxy) is 2. The highest BCUT2D eigenvalue weighted by Crippen LogP contribution is 2.43. The quantitative estimate of drug-likeness (QED) is 0.613. The second-order valence-electron chi connectivity index (χ2n) is 9.14. The van der Waals surface area contributed by atoms with Gasteiger partial charge in [-0.25, -0.2) is 4.98 Å². The number of nitrogens with zero attached hydrogens (tertiary/aromatic N) is 3. The number of rotatable bonds is 5. The van der Waals surface area contributed by atoms with Crippen LogP contribution in [0.25, 0.3) is 5.65 Å². The van der Waals surface area contributed by atoms with Crippen molar-refractivity contribution in [3.8, 4) is 5.75 Å². The predicted octanol–water partition coefficient (Wildman–Crippen LogP) is 3.87. The fraction of sp³-hybridized carbons (Fsp3) is 0.462. The van der Waals surface area contributed by atoms with Crippen molar-refractivity contribution in [3.05, 3.63) is 66.1 Å². The first-order valence-corrected chi connectivity index (χ1v) is 11.6. The number of hydrogen-bond acceptors (Lipinski definition) is 4. The molecule has 0 bridgehead atoms. The molecular weight excluding hydrogens is 402 g/mol. The first-order chi connectivity index (χ1) is 15.7. The van der Waals surface area contributed by atoms with Crippen molar-refractivity contribution < 1.29 is 14.3 Å². The smallest absolute Gasteiger partial charge is 0.233 e. The molecule has 0 unspecified atom stereocenters. The summed E-state index contributed by atoms with van der Waals surface area (Å²) in [6.45, 7) is 2.68. The van der Waals surface area contributed by atoms with Crippen LogP contribution >= 0.6 is 0 Å². The normalized spacial score (nSPS) is 20.9. The van der Waals surface area contributed by atoms with Crippen molar-refractivity contribution in [2.75, 3.05) is 33.4 Å². The Balaban J connectivity index is 1.36. The van der Waals surface area contributed by atoms with E-state index in [1.807, 2.05) is 35.0 Å². The van der Waals surface area contributed by atoms with Gasteiger partial charge in [-0.15, -0.1) is 0 Å². The molecule has 2 aliphatic rings. The lowest BCUT2D eigenvalue weighted by atomic mass is 9.77. The van der Waals surface area contributed by atoms with E-state index in [0.29, 0.717) is 19.8 Å². The number of fused-ring (bicyclic) bond motifs is 1. The zero-order valence-electron chi connectivity index (χ0n) is 18.7. The van der Waals surface area contributed by atoms with E-state index in [4.69, 9.17) is 9.47 Å². The Morgan fingerprint density at radius 2 is 2.00 bits per heavy atom. The number of carbonyl (C=O) groups is 1. The summed E-state index contributed by atoms with van der Waals surface area (Å²) in [5, 5.41) is 0. The molecule has 1 aliphatic carbocycles. The summed E-state index contributed by atoms with van der Waals surface area (Å²) >= 11 is 0. The lowest BCUT2D eigenvalue weighted by Crippen LogP contribution is -2.47. The largest absolute Gasteiger partial charge is 0.497 e. The van der Waals surface area contributed by atoms with Crippen molar-refractivity contribution in [1.82, 2.24) is 14.3 Å². The topological polar surface area (TPSA) is 56.1 Å². The third-order valence-corrected chi connectivity index (χ3v) is 7.11. The van der Waals surface area contributed by atoms with Crippen molar-refractivity contribution in [3.63, 3.8) is 0 Å². The number of methoxy groups -OCH3 is 1. The molecule has 2 fully saturated rings. The summed E-state index contributed by atoms with van der Waals surface area (Å²) in [5.41, 5.74) is 2.89. The highest BCUT2D eigenvalue weighted by atomic mass is 16.5. The van der Waals surface area contributed by atoms with Gasteiger partial charge in [0.1, 0.15) is 11.4 Å². The molecule has 3 aromatic rings. The number of pyridine rings is 1. The van der Waals surface area contributed by atoms with E-state index in [0.717, 1.165) is 55.6 Å². The first kappa shape index (κ1) is 21.0. The van der Waals surface area contributed by atoms with Crippen LogP contribution in [0.4, 0.5) is 0 Å². The molecule has 0 spiro atoms. The predicted molar refractivity (Wildman–Crippen MR) is 123 cm³/mol. The Hall–Kier alpha value is -2.86. The van der Waals surface area contributed by atoms with Crippen molar-refractivity contribution in [2.45, 2.75) is 37.5 Å². The molecule has 1 aliphatic heterocycles. The second kappa shape index (κ2) is 8.94. The van der Waals surface area contributed by atoms with E-state index in [2.05, 4.69) is 34.3 Å². The van der Waals surface area contributed by atoms with E-state index in [9.17, 15) is 4.79 Å². The number of aromatic nitrogens is 2. The van der Waals surface area contributed by atoms with Gasteiger partial charge in [-0.3, -0.25) is 4.79 Å². The zero-order chi connectivity index (χ0) is 22.0. The standard InChI is InChI=1S/C26H31N3O3/c1-31-23-7-5-22(6-8-23)26(10-2-3-11-26)25(30)29-14-15-32-19-21(18-29)16-20-4-9-24-27-12-13-28(24)17-20/h4-9,12-13,17,21H,2-3,10-11,14-16,18-19H2,1H3/t21-/m0/s1. The summed E-state index contributed by atoms with van der Waals surface area (Å²) in [6.07, 6.45) is 10.8. The minimum Gasteiger partial charge on any atom is -0.497 e. The number of benzene rings is 1. The zero-order valence-corrected chi connectivity index (χ0v) is 18.7. The third kappa shape index (κ3) is 3.99. The number of carbonyl (C=O) groups excluding carboxylic acids is 1. The summed E-state index contributed by atoms with van der Waals surface area (Å²) in [6, 6.07) is 12.3. The molecule has 6 nitrogen and oxygen atoms in total. The van der Waals surface area contributed by atoms with Gasteiger partial charge in [0.05, 0.1) is 25.7 Å². The molecule has 32 heavy (non-hydrogen) atoms. The van der Waals surface area contributed by atoms with Crippen LogP contribution in [0.3, 0.4) is 0 Å². The van der Waals surface area contributed by atoms with Crippen LogP contribution in [0.2, 0.25) is 0 Å². The van der Waals surface area contributed by atoms with Gasteiger partial charge < -0.3 is 18.8 Å². The highest BCUT2D eigenvalue weighted by molar-refractivity contribution is 5.88. The number of amides is 1. The molecule has 0 radical (unpaired) electrons. The van der Waals surface area contributed by atoms with E-state index in [1.54, 1.807) is 7.11 Å². The Morgan fingerprint density at radius 3 is 2.78 bits per heavy atom. The maximum absolute atomic E-state index is 14.0. The Labute approximate surface area is 189 Å². The molecule has 2 aromatic heterocycles. The molecule has 3 heterocycles. The highest BCUT2D eigenvalue weighted by Gasteiger charge is 2.45. The Kier molecular flexibility index (Phi) is 5.87. The average molecular weight is 434 g/mol. The maximum Gasteiger partial charge on any atom is 0.233 e. The van der Waals surface area contributed by atoms with Gasteiger partial charge in [0.2, 0.25) is 5.91 Å². The second-order valence-corrected chi connectivity index (χ2v) is 9.14. The van der Waals surface area contributed by atoms with Gasteiger partial charge >= 0.3 is 0 Å². The van der Waals surface area contributed by atoms with Crippen LogP contribution in [0.1, 0.15) is 36.8 Å². The summed E-state index contributed by atoms with van der Waals surface area (Å²) in [5.74, 6) is 1.37. The average Bonchev–Trinajstić information content (AvgIpc) is 3.45. The SMILES string of the molecule is COc1ccc(C2(C(=O)N3CCOC[C@@H](Cc4ccc5nccn5c4)C3)CCCC2)cc1. The summed E-state index contributed by atoms with van der Waals surface area (Å²) < 4.78 is 13.3. The number of imidazole rings is 1. The van der Waals surface area contributed by atoms with Gasteiger partial charge in [-0.2, -0.15) is 0 Å². The van der Waals surface area contributed by atoms with Crippen molar-refractivity contribution in [2.24, 2.45) is 5.92 Å². The maximum atomic E-state index is 14.0. The van der Waals surface area contributed by atoms with Gasteiger partial charge in [0.25, 0.3) is 0 Å². The first-order valence-electron chi connectivity index (χ1n) is 11.6. The van der Waals surface area contributed by atoms with Crippen LogP contribution in [-0.4, -0.2) is 53.6 Å². The molecule has 168 valence electrons. The molecule has 5 rings (SSSR count). The van der Waals surface area contributed by atoms with Crippen LogP contribution in [0.5, 0.6) is 5.75 Å². The summed E-state index contributed by atoms with van der Waals surface area (Å²) in [4.78, 5) is 20.4. The van der Waals surface area contributed by atoms with Crippen molar-refractivity contribution >= 4 is 11.6 Å². The Bertz CT molecular complexity index is 1070. The molecule has 6 heteroatoms. The van der Waals surface area contributed by atoms with Crippen LogP contribution in [0, 0.1) is 5.92 Å². The van der Waals surface area contributed by atoms with Crippen LogP contribution in [0.15, 0.2) is 55.0 Å². The lowest BCUT2D eigenvalue weighted by Gasteiger charge is -2.35. The van der Waals surface area contributed by atoms with E-state index >= 15 is 0 Å². The van der Waals surface area contributed by atoms with E-state index < -0.39 is 5.41 Å². The monoisotopic (exact) mass is 433 g/mol. The minimum atomic E-state index is -0.420. The fourth-order valence-corrected chi connectivity index (χ4v) is 5.43. The molecule has 1 amide bonds. The minimum absolute atomic E-state index is 0.265. The van der Waals surface area contributed by atoms with Crippen LogP contribution in [-0.2, 0) is 21.4 Å². The molecular formula is C26H31N3O3. The van der Waals surface area contributed by atoms with Crippen LogP contribution < -0.4 is 4.74 Å². The summed E-state index contributed by atoms with van der Waals surface area (Å²) in [7, 11) is 1.67. The molecule has 1 saturated heterocycles. The van der Waals surface area contributed by atoms with Gasteiger partial charge in [0, 0.05) is 37.6 Å². The lowest BCUT2D eigenvalue weighted by molar-refractivity contribution is -0.137. The van der Waals surface area contributed by atoms with E-state index in [1.165, 1.54) is 5.56 Å². The van der Waals surface area contributed by atoms with Gasteiger partial charge in [-0.1, -0.05) is 31.0 Å². The van der Waals surface area contributed by atoms with E-state index in [-0.39, 0.29) is 11.8 Å². The molecule has 1 saturated carbocycles. The Morgan fingerprint density at radius 1 is 1.19 bits per heavy atom. The van der Waals surface area contributed by atoms with Crippen molar-refractivity contribution in [1.29, 1.82) is 0 Å². The molecule has 0 N–H and O–H groups in total. The fourth-order valence-electron chi connectivity index (χ4n) is 5.43.